The van der Waals surface area contributed by atoms with Crippen LogP contribution in [0.3, 0.4) is 0 Å². The molecule has 0 unspecified atom stereocenters. The summed E-state index contributed by atoms with van der Waals surface area (Å²) in [5.74, 6) is 0.644. The van der Waals surface area contributed by atoms with E-state index >= 15 is 0 Å². The standard InChI is InChI=1S/C9H6Cl2N2O4S/c10-7-3-6(18(11,14)15)1-2-8(7)16-4-9-12-5-17-13-9/h1-3,5H,4H2. The molecule has 0 saturated carbocycles. The largest absolute Gasteiger partial charge is 0.484 e. The number of rotatable bonds is 4. The van der Waals surface area contributed by atoms with Gasteiger partial charge in [0.05, 0.1) is 9.92 Å². The molecule has 6 nitrogen and oxygen atoms in total. The zero-order chi connectivity index (χ0) is 13.2. The van der Waals surface area contributed by atoms with Gasteiger partial charge >= 0.3 is 0 Å². The molecule has 1 aromatic heterocycles. The summed E-state index contributed by atoms with van der Waals surface area (Å²) < 4.78 is 32.0. The minimum Gasteiger partial charge on any atom is -0.484 e. The van der Waals surface area contributed by atoms with Crippen molar-refractivity contribution < 1.29 is 17.7 Å². The Balaban J connectivity index is 2.15. The summed E-state index contributed by atoms with van der Waals surface area (Å²) in [4.78, 5) is 3.66. The highest BCUT2D eigenvalue weighted by molar-refractivity contribution is 8.13. The zero-order valence-electron chi connectivity index (χ0n) is 8.71. The molecule has 2 aromatic rings. The lowest BCUT2D eigenvalue weighted by Gasteiger charge is -2.06. The molecule has 0 spiro atoms. The molecule has 1 aromatic carbocycles. The van der Waals surface area contributed by atoms with E-state index in [4.69, 9.17) is 27.0 Å². The SMILES string of the molecule is O=S(=O)(Cl)c1ccc(OCc2ncon2)c(Cl)c1. The third-order valence-electron chi connectivity index (χ3n) is 1.95. The van der Waals surface area contributed by atoms with Gasteiger partial charge in [-0.05, 0) is 18.2 Å². The third-order valence-corrected chi connectivity index (χ3v) is 3.60. The number of ether oxygens (including phenoxy) is 1. The van der Waals surface area contributed by atoms with E-state index in [9.17, 15) is 8.42 Å². The smallest absolute Gasteiger partial charge is 0.261 e. The van der Waals surface area contributed by atoms with Crippen LogP contribution in [-0.2, 0) is 15.7 Å². The predicted molar refractivity (Wildman–Crippen MR) is 63.1 cm³/mol. The van der Waals surface area contributed by atoms with E-state index in [1.165, 1.54) is 24.6 Å². The van der Waals surface area contributed by atoms with Crippen molar-refractivity contribution in [3.63, 3.8) is 0 Å². The van der Waals surface area contributed by atoms with Gasteiger partial charge in [0.25, 0.3) is 9.05 Å². The van der Waals surface area contributed by atoms with Crippen molar-refractivity contribution in [1.82, 2.24) is 10.1 Å². The number of hydrogen-bond donors (Lipinski definition) is 0. The van der Waals surface area contributed by atoms with E-state index in [1.807, 2.05) is 0 Å². The zero-order valence-corrected chi connectivity index (χ0v) is 11.0. The van der Waals surface area contributed by atoms with Gasteiger partial charge in [0.15, 0.2) is 6.61 Å². The predicted octanol–water partition coefficient (Wildman–Crippen LogP) is 2.23. The van der Waals surface area contributed by atoms with Gasteiger partial charge in [-0.3, -0.25) is 0 Å². The first kappa shape index (κ1) is 13.1. The van der Waals surface area contributed by atoms with Gasteiger partial charge < -0.3 is 9.26 Å². The summed E-state index contributed by atoms with van der Waals surface area (Å²) in [6.07, 6.45) is 1.17. The molecule has 0 radical (unpaired) electrons. The van der Waals surface area contributed by atoms with Crippen LogP contribution in [-0.4, -0.2) is 18.6 Å². The number of benzene rings is 1. The number of nitrogens with zero attached hydrogens (tertiary/aromatic N) is 2. The van der Waals surface area contributed by atoms with Crippen LogP contribution in [0.5, 0.6) is 5.75 Å². The van der Waals surface area contributed by atoms with Crippen molar-refractivity contribution in [1.29, 1.82) is 0 Å². The van der Waals surface area contributed by atoms with Gasteiger partial charge in [-0.1, -0.05) is 16.8 Å². The molecule has 18 heavy (non-hydrogen) atoms. The highest BCUT2D eigenvalue weighted by Crippen LogP contribution is 2.29. The van der Waals surface area contributed by atoms with Gasteiger partial charge in [-0.15, -0.1) is 0 Å². The maximum Gasteiger partial charge on any atom is 0.261 e. The molecule has 0 aliphatic rings. The van der Waals surface area contributed by atoms with Crippen molar-refractivity contribution in [3.05, 3.63) is 35.4 Å². The van der Waals surface area contributed by atoms with E-state index in [-0.39, 0.29) is 16.5 Å². The molecule has 0 N–H and O–H groups in total. The maximum atomic E-state index is 11.1. The number of halogens is 2. The van der Waals surface area contributed by atoms with Crippen LogP contribution in [0.4, 0.5) is 0 Å². The lowest BCUT2D eigenvalue weighted by Crippen LogP contribution is -1.98. The quantitative estimate of drug-likeness (QED) is 0.805. The Kier molecular flexibility index (Phi) is 3.74. The normalized spacial score (nSPS) is 11.4. The van der Waals surface area contributed by atoms with Gasteiger partial charge in [-0.25, -0.2) is 8.42 Å². The van der Waals surface area contributed by atoms with Crippen LogP contribution in [0.25, 0.3) is 0 Å². The first-order chi connectivity index (χ1) is 8.47. The average Bonchev–Trinajstić information content (AvgIpc) is 2.79. The topological polar surface area (TPSA) is 82.3 Å². The van der Waals surface area contributed by atoms with Crippen molar-refractivity contribution in [2.75, 3.05) is 0 Å². The summed E-state index contributed by atoms with van der Waals surface area (Å²) >= 11 is 5.86. The van der Waals surface area contributed by atoms with Crippen LogP contribution in [0, 0.1) is 0 Å². The highest BCUT2D eigenvalue weighted by Gasteiger charge is 2.13. The first-order valence-corrected chi connectivity index (χ1v) is 7.28. The molecular weight excluding hydrogens is 303 g/mol. The Labute approximate surface area is 112 Å². The molecule has 0 bridgehead atoms. The lowest BCUT2D eigenvalue weighted by atomic mass is 10.3. The molecule has 1 heterocycles. The fraction of sp³-hybridized carbons (Fsp3) is 0.111. The van der Waals surface area contributed by atoms with Gasteiger partial charge in [0.2, 0.25) is 12.2 Å². The van der Waals surface area contributed by atoms with Crippen LogP contribution < -0.4 is 4.74 Å². The number of aromatic nitrogens is 2. The molecule has 0 fully saturated rings. The minimum absolute atomic E-state index is 0.0587. The summed E-state index contributed by atoms with van der Waals surface area (Å²) in [6.45, 7) is 0.0587. The maximum absolute atomic E-state index is 11.1. The highest BCUT2D eigenvalue weighted by atomic mass is 35.7. The molecule has 9 heteroatoms. The van der Waals surface area contributed by atoms with E-state index < -0.39 is 9.05 Å². The minimum atomic E-state index is -3.81. The summed E-state index contributed by atoms with van der Waals surface area (Å²) in [7, 11) is 1.37. The van der Waals surface area contributed by atoms with Crippen LogP contribution in [0.1, 0.15) is 5.82 Å². The third kappa shape index (κ3) is 3.12. The van der Waals surface area contributed by atoms with E-state index in [0.717, 1.165) is 0 Å². The van der Waals surface area contributed by atoms with Crippen molar-refractivity contribution in [3.8, 4) is 5.75 Å². The van der Waals surface area contributed by atoms with Crippen molar-refractivity contribution in [2.45, 2.75) is 11.5 Å². The Hall–Kier alpha value is -1.31. The second-order valence-electron chi connectivity index (χ2n) is 3.17. The Morgan fingerprint density at radius 1 is 1.39 bits per heavy atom. The van der Waals surface area contributed by atoms with Crippen LogP contribution in [0.2, 0.25) is 5.02 Å². The fourth-order valence-corrected chi connectivity index (χ4v) is 2.23. The van der Waals surface area contributed by atoms with E-state index in [2.05, 4.69) is 14.7 Å². The van der Waals surface area contributed by atoms with E-state index in [0.29, 0.717) is 11.6 Å². The van der Waals surface area contributed by atoms with Crippen LogP contribution in [0.15, 0.2) is 34.0 Å². The van der Waals surface area contributed by atoms with Gasteiger partial charge in [0.1, 0.15) is 5.75 Å². The molecule has 0 aliphatic heterocycles. The second kappa shape index (κ2) is 5.13. The van der Waals surface area contributed by atoms with E-state index in [1.54, 1.807) is 0 Å². The van der Waals surface area contributed by atoms with Gasteiger partial charge in [-0.2, -0.15) is 4.98 Å². The molecule has 96 valence electrons. The lowest BCUT2D eigenvalue weighted by molar-refractivity contribution is 0.286. The molecule has 0 amide bonds. The summed E-state index contributed by atoms with van der Waals surface area (Å²) in [5.41, 5.74) is 0. The van der Waals surface area contributed by atoms with Crippen molar-refractivity contribution >= 4 is 31.3 Å². The molecule has 0 saturated heterocycles. The summed E-state index contributed by atoms with van der Waals surface area (Å²) in [6, 6.07) is 3.90. The van der Waals surface area contributed by atoms with Crippen LogP contribution >= 0.6 is 22.3 Å². The molecule has 0 atom stereocenters. The summed E-state index contributed by atoms with van der Waals surface area (Å²) in [5, 5.41) is 3.67. The molecular formula is C9H6Cl2N2O4S. The fourth-order valence-electron chi connectivity index (χ4n) is 1.15. The monoisotopic (exact) mass is 308 g/mol. The molecule has 2 rings (SSSR count). The second-order valence-corrected chi connectivity index (χ2v) is 6.14. The Morgan fingerprint density at radius 3 is 2.72 bits per heavy atom. The van der Waals surface area contributed by atoms with Gasteiger partial charge in [0, 0.05) is 10.7 Å². The Morgan fingerprint density at radius 2 is 2.17 bits per heavy atom. The Bertz CT molecular complexity index is 643. The first-order valence-electron chi connectivity index (χ1n) is 4.59. The molecule has 0 aliphatic carbocycles. The van der Waals surface area contributed by atoms with Crippen molar-refractivity contribution in [2.24, 2.45) is 0 Å². The number of hydrogen-bond acceptors (Lipinski definition) is 6. The average molecular weight is 309 g/mol.